The van der Waals surface area contributed by atoms with Gasteiger partial charge in [-0.1, -0.05) is 6.07 Å². The van der Waals surface area contributed by atoms with Crippen LogP contribution >= 0.6 is 0 Å². The van der Waals surface area contributed by atoms with Gasteiger partial charge in [0.15, 0.2) is 0 Å². The molecule has 0 radical (unpaired) electrons. The summed E-state index contributed by atoms with van der Waals surface area (Å²) in [5, 5.41) is 0. The molecule has 2 aromatic rings. The van der Waals surface area contributed by atoms with E-state index in [1.165, 1.54) is 12.1 Å². The van der Waals surface area contributed by atoms with Crippen LogP contribution in [-0.2, 0) is 14.8 Å². The van der Waals surface area contributed by atoms with Crippen molar-refractivity contribution in [1.29, 1.82) is 0 Å². The lowest BCUT2D eigenvalue weighted by Gasteiger charge is -2.27. The monoisotopic (exact) mass is 474 g/mol. The maximum atomic E-state index is 13.4. The van der Waals surface area contributed by atoms with Gasteiger partial charge in [-0.05, 0) is 62.1 Å². The largest absolute Gasteiger partial charge is 0.497 e. The normalized spacial score (nSPS) is 20.7. The standard InChI is InChI=1S/C24H30N2O6S/c1-30-18-10-11-23(31-2)21(15-18)22-9-4-12-26(22)24(27)17-6-3-8-20(14-17)33(28,29)25-16-19-7-5-13-32-19/h3,6,8,10-11,14-15,19,22,25H,4-5,7,9,12-13,16H2,1-2H3. The number of ether oxygens (including phenoxy) is 3. The highest BCUT2D eigenvalue weighted by molar-refractivity contribution is 7.89. The van der Waals surface area contributed by atoms with Gasteiger partial charge < -0.3 is 19.1 Å². The van der Waals surface area contributed by atoms with Gasteiger partial charge in [0.25, 0.3) is 5.91 Å². The molecule has 2 aliphatic heterocycles. The molecule has 0 bridgehead atoms. The molecule has 2 heterocycles. The minimum atomic E-state index is -3.75. The summed E-state index contributed by atoms with van der Waals surface area (Å²) in [6, 6.07) is 11.6. The first kappa shape index (κ1) is 23.5. The van der Waals surface area contributed by atoms with Gasteiger partial charge in [0.2, 0.25) is 10.0 Å². The van der Waals surface area contributed by atoms with E-state index in [9.17, 15) is 13.2 Å². The number of sulfonamides is 1. The summed E-state index contributed by atoms with van der Waals surface area (Å²) in [6.07, 6.45) is 3.30. The van der Waals surface area contributed by atoms with Gasteiger partial charge in [-0.15, -0.1) is 0 Å². The molecule has 0 aromatic heterocycles. The van der Waals surface area contributed by atoms with Crippen molar-refractivity contribution in [2.45, 2.75) is 42.7 Å². The number of carbonyl (C=O) groups is 1. The lowest BCUT2D eigenvalue weighted by Crippen LogP contribution is -2.33. The topological polar surface area (TPSA) is 94.2 Å². The summed E-state index contributed by atoms with van der Waals surface area (Å²) in [6.45, 7) is 1.47. The van der Waals surface area contributed by atoms with Crippen molar-refractivity contribution >= 4 is 15.9 Å². The molecule has 8 nitrogen and oxygen atoms in total. The predicted molar refractivity (Wildman–Crippen MR) is 123 cm³/mol. The Labute approximate surface area is 194 Å². The number of hydrogen-bond donors (Lipinski definition) is 1. The Hall–Kier alpha value is -2.62. The molecular formula is C24H30N2O6S. The van der Waals surface area contributed by atoms with Crippen LogP contribution in [0.2, 0.25) is 0 Å². The van der Waals surface area contributed by atoms with Gasteiger partial charge >= 0.3 is 0 Å². The van der Waals surface area contributed by atoms with Crippen molar-refractivity contribution in [2.75, 3.05) is 33.9 Å². The number of nitrogens with zero attached hydrogens (tertiary/aromatic N) is 1. The Bertz CT molecular complexity index is 1100. The number of likely N-dealkylation sites (tertiary alicyclic amines) is 1. The van der Waals surface area contributed by atoms with Gasteiger partial charge in [0.1, 0.15) is 11.5 Å². The summed E-state index contributed by atoms with van der Waals surface area (Å²) in [4.78, 5) is 15.3. The molecule has 9 heteroatoms. The fourth-order valence-corrected chi connectivity index (χ4v) is 5.60. The minimum absolute atomic E-state index is 0.0704. The molecule has 178 valence electrons. The number of carbonyl (C=O) groups excluding carboxylic acids is 1. The Morgan fingerprint density at radius 3 is 2.70 bits per heavy atom. The summed E-state index contributed by atoms with van der Waals surface area (Å²) in [5.74, 6) is 1.17. The van der Waals surface area contributed by atoms with Gasteiger partial charge in [0.05, 0.1) is 31.3 Å². The van der Waals surface area contributed by atoms with Gasteiger partial charge in [-0.3, -0.25) is 4.79 Å². The number of hydrogen-bond acceptors (Lipinski definition) is 6. The second-order valence-electron chi connectivity index (χ2n) is 8.28. The van der Waals surface area contributed by atoms with Gasteiger partial charge in [0, 0.05) is 30.8 Å². The van der Waals surface area contributed by atoms with Crippen molar-refractivity contribution in [3.8, 4) is 11.5 Å². The SMILES string of the molecule is COc1ccc(OC)c(C2CCCN2C(=O)c2cccc(S(=O)(=O)NCC3CCCO3)c2)c1. The third-order valence-corrected chi connectivity index (χ3v) is 7.65. The van der Waals surface area contributed by atoms with Gasteiger partial charge in [-0.2, -0.15) is 0 Å². The van der Waals surface area contributed by atoms with Crippen molar-refractivity contribution < 1.29 is 27.4 Å². The highest BCUT2D eigenvalue weighted by Gasteiger charge is 2.33. The van der Waals surface area contributed by atoms with E-state index in [0.29, 0.717) is 30.2 Å². The first-order chi connectivity index (χ1) is 15.9. The zero-order valence-corrected chi connectivity index (χ0v) is 19.8. The fourth-order valence-electron chi connectivity index (χ4n) is 4.49. The summed E-state index contributed by atoms with van der Waals surface area (Å²) < 4.78 is 44.6. The Morgan fingerprint density at radius 2 is 1.97 bits per heavy atom. The van der Waals surface area contributed by atoms with Crippen molar-refractivity contribution in [1.82, 2.24) is 9.62 Å². The Morgan fingerprint density at radius 1 is 1.12 bits per heavy atom. The molecule has 2 fully saturated rings. The highest BCUT2D eigenvalue weighted by atomic mass is 32.2. The van der Waals surface area contributed by atoms with E-state index < -0.39 is 10.0 Å². The number of nitrogens with one attached hydrogen (secondary N) is 1. The summed E-state index contributed by atoms with van der Waals surface area (Å²) in [5.41, 5.74) is 1.22. The molecule has 1 amide bonds. The van der Waals surface area contributed by atoms with E-state index in [-0.39, 0.29) is 29.5 Å². The number of rotatable bonds is 8. The molecular weight excluding hydrogens is 444 g/mol. The highest BCUT2D eigenvalue weighted by Crippen LogP contribution is 2.39. The van der Waals surface area contributed by atoms with Crippen molar-refractivity contribution in [2.24, 2.45) is 0 Å². The molecule has 0 spiro atoms. The molecule has 0 aliphatic carbocycles. The molecule has 2 aromatic carbocycles. The van der Waals surface area contributed by atoms with E-state index in [2.05, 4.69) is 4.72 Å². The molecule has 4 rings (SSSR count). The lowest BCUT2D eigenvalue weighted by molar-refractivity contribution is 0.0733. The molecule has 33 heavy (non-hydrogen) atoms. The Balaban J connectivity index is 1.55. The first-order valence-corrected chi connectivity index (χ1v) is 12.7. The molecule has 2 aliphatic rings. The van der Waals surface area contributed by atoms with Crippen LogP contribution in [-0.4, -0.2) is 59.2 Å². The average molecular weight is 475 g/mol. The molecule has 2 atom stereocenters. The summed E-state index contributed by atoms with van der Waals surface area (Å²) in [7, 11) is -0.549. The molecule has 2 unspecified atom stereocenters. The molecule has 0 saturated carbocycles. The zero-order chi connectivity index (χ0) is 23.4. The van der Waals surface area contributed by atoms with Crippen LogP contribution in [0, 0.1) is 0 Å². The second-order valence-corrected chi connectivity index (χ2v) is 10.0. The van der Waals surface area contributed by atoms with E-state index >= 15 is 0 Å². The van der Waals surface area contributed by atoms with Crippen molar-refractivity contribution in [3.63, 3.8) is 0 Å². The van der Waals surface area contributed by atoms with E-state index in [1.54, 1.807) is 31.3 Å². The fraction of sp³-hybridized carbons (Fsp3) is 0.458. The van der Waals surface area contributed by atoms with E-state index in [1.807, 2.05) is 18.2 Å². The van der Waals surface area contributed by atoms with Gasteiger partial charge in [-0.25, -0.2) is 13.1 Å². The maximum Gasteiger partial charge on any atom is 0.254 e. The van der Waals surface area contributed by atoms with Crippen molar-refractivity contribution in [3.05, 3.63) is 53.6 Å². The smallest absolute Gasteiger partial charge is 0.254 e. The van der Waals surface area contributed by atoms with Crippen LogP contribution in [0.1, 0.15) is 47.6 Å². The van der Waals surface area contributed by atoms with Crippen LogP contribution in [0.15, 0.2) is 47.4 Å². The van der Waals surface area contributed by atoms with Crippen LogP contribution in [0.5, 0.6) is 11.5 Å². The van der Waals surface area contributed by atoms with Crippen LogP contribution < -0.4 is 14.2 Å². The minimum Gasteiger partial charge on any atom is -0.497 e. The Kier molecular flexibility index (Phi) is 7.21. The third kappa shape index (κ3) is 5.15. The number of benzene rings is 2. The van der Waals surface area contributed by atoms with Crippen LogP contribution in [0.3, 0.4) is 0 Å². The molecule has 1 N–H and O–H groups in total. The lowest BCUT2D eigenvalue weighted by atomic mass is 10.0. The van der Waals surface area contributed by atoms with Crippen LogP contribution in [0.4, 0.5) is 0 Å². The molecule has 2 saturated heterocycles. The summed E-state index contributed by atoms with van der Waals surface area (Å²) >= 11 is 0. The first-order valence-electron chi connectivity index (χ1n) is 11.2. The second kappa shape index (κ2) is 10.1. The van der Waals surface area contributed by atoms with E-state index in [0.717, 1.165) is 31.2 Å². The average Bonchev–Trinajstić information content (AvgIpc) is 3.54. The number of methoxy groups -OCH3 is 2. The quantitative estimate of drug-likeness (QED) is 0.632. The van der Waals surface area contributed by atoms with E-state index in [4.69, 9.17) is 14.2 Å². The predicted octanol–water partition coefficient (Wildman–Crippen LogP) is 3.14. The zero-order valence-electron chi connectivity index (χ0n) is 19.0. The maximum absolute atomic E-state index is 13.4. The van der Waals surface area contributed by atoms with Crippen LogP contribution in [0.25, 0.3) is 0 Å². The number of amides is 1. The third-order valence-electron chi connectivity index (χ3n) is 6.23.